The van der Waals surface area contributed by atoms with Gasteiger partial charge < -0.3 is 5.32 Å². The zero-order valence-electron chi connectivity index (χ0n) is 8.04. The van der Waals surface area contributed by atoms with Gasteiger partial charge in [0.2, 0.25) is 5.91 Å². The van der Waals surface area contributed by atoms with Crippen LogP contribution in [0.1, 0.15) is 10.9 Å². The van der Waals surface area contributed by atoms with Crippen LogP contribution in [-0.2, 0) is 4.79 Å². The Balaban J connectivity index is 2.76. The second-order valence-corrected chi connectivity index (χ2v) is 3.76. The van der Waals surface area contributed by atoms with E-state index in [1.165, 1.54) is 0 Å². The lowest BCUT2D eigenvalue weighted by Crippen LogP contribution is -2.27. The number of halogens is 2. The average Bonchev–Trinajstić information content (AvgIpc) is 2.25. The van der Waals surface area contributed by atoms with Gasteiger partial charge in [0.25, 0.3) is 0 Å². The van der Waals surface area contributed by atoms with Crippen LogP contribution in [0.25, 0.3) is 0 Å². The highest BCUT2D eigenvalue weighted by Crippen LogP contribution is 2.27. The quantitative estimate of drug-likeness (QED) is 0.640. The molecule has 1 atom stereocenters. The molecule has 80 valence electrons. The van der Waals surface area contributed by atoms with Gasteiger partial charge in [-0.25, -0.2) is 0 Å². The summed E-state index contributed by atoms with van der Waals surface area (Å²) in [4.78, 5) is 11.5. The maximum Gasteiger partial charge on any atom is 0.242 e. The van der Waals surface area contributed by atoms with E-state index in [-0.39, 0.29) is 5.91 Å². The summed E-state index contributed by atoms with van der Waals surface area (Å²) in [6.45, 7) is 3.89. The van der Waals surface area contributed by atoms with Crippen LogP contribution in [0.3, 0.4) is 0 Å². The number of benzene rings is 1. The standard InChI is InChI=1S/C11H11Cl2NO/c1-2-7-14-11(15)10(13)8-5-3-4-6-9(8)12/h2-6,10H,1,7H2,(H,14,15)/t10-/m0/s1. The molecule has 1 N–H and O–H groups in total. The van der Waals surface area contributed by atoms with Crippen molar-refractivity contribution in [2.75, 3.05) is 6.54 Å². The van der Waals surface area contributed by atoms with E-state index in [1.54, 1.807) is 30.3 Å². The SMILES string of the molecule is C=CCNC(=O)[C@@H](Cl)c1ccccc1Cl. The molecule has 0 bridgehead atoms. The summed E-state index contributed by atoms with van der Waals surface area (Å²) in [5.74, 6) is -0.273. The van der Waals surface area contributed by atoms with E-state index < -0.39 is 5.38 Å². The van der Waals surface area contributed by atoms with Crippen LogP contribution in [0, 0.1) is 0 Å². The van der Waals surface area contributed by atoms with Gasteiger partial charge in [-0.1, -0.05) is 35.9 Å². The first-order valence-electron chi connectivity index (χ1n) is 4.44. The highest BCUT2D eigenvalue weighted by atomic mass is 35.5. The molecule has 0 unspecified atom stereocenters. The van der Waals surface area contributed by atoms with Crippen LogP contribution in [0.4, 0.5) is 0 Å². The summed E-state index contributed by atoms with van der Waals surface area (Å²) < 4.78 is 0. The molecule has 0 aliphatic carbocycles. The molecule has 0 aromatic heterocycles. The summed E-state index contributed by atoms with van der Waals surface area (Å²) in [7, 11) is 0. The molecule has 0 spiro atoms. The first-order chi connectivity index (χ1) is 7.16. The Labute approximate surface area is 98.9 Å². The Morgan fingerprint density at radius 1 is 1.53 bits per heavy atom. The molecule has 1 aromatic rings. The third-order valence-corrected chi connectivity index (χ3v) is 2.61. The minimum atomic E-state index is -0.765. The average molecular weight is 244 g/mol. The number of carbonyl (C=O) groups excluding carboxylic acids is 1. The van der Waals surface area contributed by atoms with Crippen molar-refractivity contribution < 1.29 is 4.79 Å². The van der Waals surface area contributed by atoms with Crippen LogP contribution >= 0.6 is 23.2 Å². The lowest BCUT2D eigenvalue weighted by molar-refractivity contribution is -0.120. The van der Waals surface area contributed by atoms with Gasteiger partial charge in [0.05, 0.1) is 0 Å². The fourth-order valence-corrected chi connectivity index (χ4v) is 1.65. The van der Waals surface area contributed by atoms with E-state index in [1.807, 2.05) is 0 Å². The predicted molar refractivity (Wildman–Crippen MR) is 63.3 cm³/mol. The van der Waals surface area contributed by atoms with E-state index >= 15 is 0 Å². The fraction of sp³-hybridized carbons (Fsp3) is 0.182. The van der Waals surface area contributed by atoms with Crippen LogP contribution < -0.4 is 5.32 Å². The van der Waals surface area contributed by atoms with E-state index in [9.17, 15) is 4.79 Å². The van der Waals surface area contributed by atoms with E-state index in [4.69, 9.17) is 23.2 Å². The molecule has 1 amide bonds. The zero-order chi connectivity index (χ0) is 11.3. The number of hydrogen-bond acceptors (Lipinski definition) is 1. The summed E-state index contributed by atoms with van der Waals surface area (Å²) in [6, 6.07) is 7.01. The molecule has 2 nitrogen and oxygen atoms in total. The second-order valence-electron chi connectivity index (χ2n) is 2.92. The molecule has 0 aliphatic rings. The molecule has 1 rings (SSSR count). The topological polar surface area (TPSA) is 29.1 Å². The monoisotopic (exact) mass is 243 g/mol. The minimum absolute atomic E-state index is 0.273. The predicted octanol–water partition coefficient (Wildman–Crippen LogP) is 2.92. The number of alkyl halides is 1. The molecular formula is C11H11Cl2NO. The molecule has 0 fully saturated rings. The number of carbonyl (C=O) groups is 1. The molecule has 1 aromatic carbocycles. The fourth-order valence-electron chi connectivity index (χ4n) is 1.08. The maximum absolute atomic E-state index is 11.5. The zero-order valence-corrected chi connectivity index (χ0v) is 9.55. The van der Waals surface area contributed by atoms with Crippen LogP contribution in [0.5, 0.6) is 0 Å². The van der Waals surface area contributed by atoms with Gasteiger partial charge in [-0.05, 0) is 11.6 Å². The minimum Gasteiger partial charge on any atom is -0.351 e. The summed E-state index contributed by atoms with van der Waals surface area (Å²) in [5.41, 5.74) is 0.613. The highest BCUT2D eigenvalue weighted by Gasteiger charge is 2.18. The second kappa shape index (κ2) is 5.79. The lowest BCUT2D eigenvalue weighted by Gasteiger charge is -2.10. The maximum atomic E-state index is 11.5. The van der Waals surface area contributed by atoms with Crippen molar-refractivity contribution in [1.82, 2.24) is 5.32 Å². The van der Waals surface area contributed by atoms with Crippen molar-refractivity contribution in [2.24, 2.45) is 0 Å². The van der Waals surface area contributed by atoms with Crippen molar-refractivity contribution in [1.29, 1.82) is 0 Å². The van der Waals surface area contributed by atoms with Crippen LogP contribution in [-0.4, -0.2) is 12.5 Å². The molecule has 0 aliphatic heterocycles. The molecule has 0 saturated carbocycles. The molecule has 0 heterocycles. The third kappa shape index (κ3) is 3.26. The Kier molecular flexibility index (Phi) is 4.66. The molecular weight excluding hydrogens is 233 g/mol. The van der Waals surface area contributed by atoms with Crippen LogP contribution in [0.15, 0.2) is 36.9 Å². The lowest BCUT2D eigenvalue weighted by atomic mass is 10.1. The van der Waals surface area contributed by atoms with Gasteiger partial charge in [0, 0.05) is 11.6 Å². The molecule has 4 heteroatoms. The van der Waals surface area contributed by atoms with Gasteiger partial charge in [0.1, 0.15) is 5.38 Å². The number of hydrogen-bond donors (Lipinski definition) is 1. The Morgan fingerprint density at radius 2 is 2.20 bits per heavy atom. The van der Waals surface area contributed by atoms with Crippen molar-refractivity contribution in [3.8, 4) is 0 Å². The largest absolute Gasteiger partial charge is 0.351 e. The normalized spacial score (nSPS) is 11.9. The van der Waals surface area contributed by atoms with Gasteiger partial charge in [-0.2, -0.15) is 0 Å². The summed E-state index contributed by atoms with van der Waals surface area (Å²) >= 11 is 11.9. The molecule has 0 radical (unpaired) electrons. The number of amides is 1. The van der Waals surface area contributed by atoms with E-state index in [0.717, 1.165) is 0 Å². The first kappa shape index (κ1) is 12.1. The number of nitrogens with one attached hydrogen (secondary N) is 1. The number of rotatable bonds is 4. The van der Waals surface area contributed by atoms with E-state index in [0.29, 0.717) is 17.1 Å². The van der Waals surface area contributed by atoms with Gasteiger partial charge in [-0.15, -0.1) is 18.2 Å². The Hall–Kier alpha value is -0.990. The van der Waals surface area contributed by atoms with Crippen molar-refractivity contribution >= 4 is 29.1 Å². The van der Waals surface area contributed by atoms with Crippen molar-refractivity contribution in [3.63, 3.8) is 0 Å². The summed E-state index contributed by atoms with van der Waals surface area (Å²) in [5, 5.41) is 2.34. The van der Waals surface area contributed by atoms with Gasteiger partial charge >= 0.3 is 0 Å². The summed E-state index contributed by atoms with van der Waals surface area (Å²) in [6.07, 6.45) is 1.59. The smallest absolute Gasteiger partial charge is 0.242 e. The van der Waals surface area contributed by atoms with Gasteiger partial charge in [0.15, 0.2) is 0 Å². The molecule has 0 saturated heterocycles. The van der Waals surface area contributed by atoms with Crippen molar-refractivity contribution in [2.45, 2.75) is 5.38 Å². The Bertz CT molecular complexity index is 365. The Morgan fingerprint density at radius 3 is 2.80 bits per heavy atom. The molecule has 15 heavy (non-hydrogen) atoms. The highest BCUT2D eigenvalue weighted by molar-refractivity contribution is 6.35. The van der Waals surface area contributed by atoms with Gasteiger partial charge in [-0.3, -0.25) is 4.79 Å². The third-order valence-electron chi connectivity index (χ3n) is 1.83. The van der Waals surface area contributed by atoms with Crippen molar-refractivity contribution in [3.05, 3.63) is 47.5 Å². The first-order valence-corrected chi connectivity index (χ1v) is 5.25. The van der Waals surface area contributed by atoms with E-state index in [2.05, 4.69) is 11.9 Å². The van der Waals surface area contributed by atoms with Crippen LogP contribution in [0.2, 0.25) is 5.02 Å².